The van der Waals surface area contributed by atoms with Crippen LogP contribution in [0.2, 0.25) is 0 Å². The van der Waals surface area contributed by atoms with Gasteiger partial charge in [0.2, 0.25) is 5.82 Å². The lowest BCUT2D eigenvalue weighted by Gasteiger charge is -2.28. The first kappa shape index (κ1) is 17.5. The molecule has 0 radical (unpaired) electrons. The second kappa shape index (κ2) is 6.95. The smallest absolute Gasteiger partial charge is 0.370 e. The van der Waals surface area contributed by atoms with Crippen LogP contribution in [0.5, 0.6) is 0 Å². The highest BCUT2D eigenvalue weighted by Crippen LogP contribution is 2.29. The predicted octanol–water partition coefficient (Wildman–Crippen LogP) is 3.80. The minimum atomic E-state index is -4.55. The number of halogens is 3. The van der Waals surface area contributed by atoms with Crippen LogP contribution in [0.25, 0.3) is 0 Å². The third kappa shape index (κ3) is 5.06. The molecule has 0 aliphatic carbocycles. The maximum Gasteiger partial charge on any atom is 0.451 e. The molecule has 1 aromatic rings. The van der Waals surface area contributed by atoms with Crippen LogP contribution in [0.3, 0.4) is 0 Å². The van der Waals surface area contributed by atoms with E-state index in [1.807, 2.05) is 6.92 Å². The number of nitrogens with one attached hydrogen (secondary N) is 1. The summed E-state index contributed by atoms with van der Waals surface area (Å²) in [5, 5.41) is 2.82. The van der Waals surface area contributed by atoms with Crippen LogP contribution in [0, 0.1) is 5.92 Å². The normalized spacial score (nSPS) is 13.4. The van der Waals surface area contributed by atoms with E-state index in [4.69, 9.17) is 0 Å². The van der Waals surface area contributed by atoms with Crippen molar-refractivity contribution >= 4 is 11.6 Å². The Morgan fingerprint density at radius 1 is 1.24 bits per heavy atom. The molecule has 0 saturated carbocycles. The number of anilines is 2. The van der Waals surface area contributed by atoms with Gasteiger partial charge in [0.25, 0.3) is 0 Å². The van der Waals surface area contributed by atoms with E-state index in [-0.39, 0.29) is 17.7 Å². The third-order valence-electron chi connectivity index (χ3n) is 3.16. The molecule has 1 aromatic heterocycles. The Bertz CT molecular complexity index is 460. The molecule has 0 spiro atoms. The first-order valence-corrected chi connectivity index (χ1v) is 7.08. The Hall–Kier alpha value is -1.53. The number of aromatic nitrogens is 2. The highest BCUT2D eigenvalue weighted by atomic mass is 19.4. The molecule has 0 bridgehead atoms. The van der Waals surface area contributed by atoms with Crippen LogP contribution in [0.15, 0.2) is 6.07 Å². The van der Waals surface area contributed by atoms with E-state index in [1.54, 1.807) is 24.9 Å². The van der Waals surface area contributed by atoms with Gasteiger partial charge in [-0.2, -0.15) is 13.2 Å². The molecular weight excluding hydrogens is 281 g/mol. The number of hydrogen-bond donors (Lipinski definition) is 1. The van der Waals surface area contributed by atoms with Gasteiger partial charge >= 0.3 is 6.18 Å². The van der Waals surface area contributed by atoms with Gasteiger partial charge in [0, 0.05) is 25.7 Å². The highest BCUT2D eigenvalue weighted by Gasteiger charge is 2.36. The van der Waals surface area contributed by atoms with Crippen LogP contribution in [-0.4, -0.2) is 29.6 Å². The zero-order valence-electron chi connectivity index (χ0n) is 13.1. The Morgan fingerprint density at radius 3 is 2.33 bits per heavy atom. The average molecular weight is 304 g/mol. The molecular formula is C14H23F3N4. The minimum absolute atomic E-state index is 0.0930. The number of alkyl halides is 3. The Labute approximate surface area is 123 Å². The van der Waals surface area contributed by atoms with E-state index in [9.17, 15) is 13.2 Å². The van der Waals surface area contributed by atoms with Crippen LogP contribution >= 0.6 is 0 Å². The Morgan fingerprint density at radius 2 is 1.86 bits per heavy atom. The van der Waals surface area contributed by atoms with Gasteiger partial charge in [0.05, 0.1) is 0 Å². The van der Waals surface area contributed by atoms with Crippen LogP contribution < -0.4 is 10.2 Å². The molecule has 1 atom stereocenters. The van der Waals surface area contributed by atoms with Crippen molar-refractivity contribution < 1.29 is 13.2 Å². The second-order valence-corrected chi connectivity index (χ2v) is 5.55. The van der Waals surface area contributed by atoms with Gasteiger partial charge in [-0.1, -0.05) is 13.8 Å². The van der Waals surface area contributed by atoms with Gasteiger partial charge in [-0.15, -0.1) is 0 Å². The molecule has 7 heteroatoms. The van der Waals surface area contributed by atoms with Crippen molar-refractivity contribution in [1.82, 2.24) is 9.97 Å². The maximum absolute atomic E-state index is 12.9. The second-order valence-electron chi connectivity index (χ2n) is 5.55. The Balaban J connectivity index is 3.12. The van der Waals surface area contributed by atoms with Gasteiger partial charge in [0.1, 0.15) is 11.6 Å². The molecule has 0 aliphatic rings. The van der Waals surface area contributed by atoms with Crippen molar-refractivity contribution in [3.8, 4) is 0 Å². The first-order valence-electron chi connectivity index (χ1n) is 7.08. The lowest BCUT2D eigenvalue weighted by atomic mass is 10.0. The SMILES string of the molecule is CCNc1cc(N(C)C(C)CC(C)C)nc(C(F)(F)F)n1. The Kier molecular flexibility index (Phi) is 5.80. The fourth-order valence-electron chi connectivity index (χ4n) is 2.08. The van der Waals surface area contributed by atoms with Crippen molar-refractivity contribution in [2.75, 3.05) is 23.8 Å². The highest BCUT2D eigenvalue weighted by molar-refractivity contribution is 5.49. The van der Waals surface area contributed by atoms with Crippen molar-refractivity contribution in [1.29, 1.82) is 0 Å². The lowest BCUT2D eigenvalue weighted by Crippen LogP contribution is -2.31. The van der Waals surface area contributed by atoms with Crippen molar-refractivity contribution in [2.24, 2.45) is 5.92 Å². The molecule has 1 rings (SSSR count). The van der Waals surface area contributed by atoms with E-state index >= 15 is 0 Å². The fourth-order valence-corrected chi connectivity index (χ4v) is 2.08. The molecule has 0 aliphatic heterocycles. The summed E-state index contributed by atoms with van der Waals surface area (Å²) in [5.41, 5.74) is 0. The average Bonchev–Trinajstić information content (AvgIpc) is 2.36. The predicted molar refractivity (Wildman–Crippen MR) is 78.5 cm³/mol. The van der Waals surface area contributed by atoms with E-state index in [1.165, 1.54) is 0 Å². The molecule has 1 heterocycles. The largest absolute Gasteiger partial charge is 0.451 e. The monoisotopic (exact) mass is 304 g/mol. The molecule has 0 saturated heterocycles. The summed E-state index contributed by atoms with van der Waals surface area (Å²) in [4.78, 5) is 8.95. The molecule has 21 heavy (non-hydrogen) atoms. The molecule has 120 valence electrons. The van der Waals surface area contributed by atoms with Gasteiger partial charge < -0.3 is 10.2 Å². The van der Waals surface area contributed by atoms with Gasteiger partial charge in [-0.25, -0.2) is 9.97 Å². The first-order chi connectivity index (χ1) is 9.65. The van der Waals surface area contributed by atoms with Crippen molar-refractivity contribution in [3.05, 3.63) is 11.9 Å². The summed E-state index contributed by atoms with van der Waals surface area (Å²) in [6, 6.07) is 1.64. The molecule has 4 nitrogen and oxygen atoms in total. The molecule has 1 unspecified atom stereocenters. The summed E-state index contributed by atoms with van der Waals surface area (Å²) in [6.07, 6.45) is -3.68. The number of hydrogen-bond acceptors (Lipinski definition) is 4. The fraction of sp³-hybridized carbons (Fsp3) is 0.714. The third-order valence-corrected chi connectivity index (χ3v) is 3.16. The van der Waals surface area contributed by atoms with Crippen LogP contribution in [-0.2, 0) is 6.18 Å². The summed E-state index contributed by atoms with van der Waals surface area (Å²) in [6.45, 7) is 8.44. The standard InChI is InChI=1S/C14H23F3N4/c1-6-18-11-8-12(20-13(19-11)14(15,16)17)21(5)10(4)7-9(2)3/h8-10H,6-7H2,1-5H3,(H,18,19,20). The van der Waals surface area contributed by atoms with Gasteiger partial charge in [-0.3, -0.25) is 0 Å². The summed E-state index contributed by atoms with van der Waals surface area (Å²) in [5.74, 6) is -0.181. The lowest BCUT2D eigenvalue weighted by molar-refractivity contribution is -0.144. The maximum atomic E-state index is 12.9. The van der Waals surface area contributed by atoms with Gasteiger partial charge in [-0.05, 0) is 26.2 Å². The molecule has 0 fully saturated rings. The zero-order valence-corrected chi connectivity index (χ0v) is 13.1. The van der Waals surface area contributed by atoms with E-state index in [2.05, 4.69) is 29.1 Å². The summed E-state index contributed by atoms with van der Waals surface area (Å²) < 4.78 is 38.7. The van der Waals surface area contributed by atoms with E-state index < -0.39 is 12.0 Å². The quantitative estimate of drug-likeness (QED) is 0.868. The number of nitrogens with zero attached hydrogens (tertiary/aromatic N) is 3. The van der Waals surface area contributed by atoms with Crippen LogP contribution in [0.1, 0.15) is 39.9 Å². The van der Waals surface area contributed by atoms with E-state index in [0.717, 1.165) is 6.42 Å². The summed E-state index contributed by atoms with van der Waals surface area (Å²) in [7, 11) is 1.76. The molecule has 0 amide bonds. The topological polar surface area (TPSA) is 41.0 Å². The summed E-state index contributed by atoms with van der Waals surface area (Å²) >= 11 is 0. The van der Waals surface area contributed by atoms with E-state index in [0.29, 0.717) is 12.5 Å². The zero-order chi connectivity index (χ0) is 16.2. The van der Waals surface area contributed by atoms with Crippen molar-refractivity contribution in [3.63, 3.8) is 0 Å². The van der Waals surface area contributed by atoms with Gasteiger partial charge in [0.15, 0.2) is 0 Å². The minimum Gasteiger partial charge on any atom is -0.370 e. The number of rotatable bonds is 6. The van der Waals surface area contributed by atoms with Crippen molar-refractivity contribution in [2.45, 2.75) is 46.3 Å². The van der Waals surface area contributed by atoms with Crippen LogP contribution in [0.4, 0.5) is 24.8 Å². The molecule has 1 N–H and O–H groups in total. The molecule has 0 aromatic carbocycles.